The van der Waals surface area contributed by atoms with Crippen molar-refractivity contribution in [3.8, 4) is 0 Å². The normalized spacial score (nSPS) is 17.7. The van der Waals surface area contributed by atoms with Gasteiger partial charge in [-0.2, -0.15) is 5.10 Å². The molecule has 2 aliphatic rings. The lowest BCUT2D eigenvalue weighted by Gasteiger charge is -2.13. The number of carbonyl (C=O) groups is 1. The molecule has 2 aliphatic carbocycles. The van der Waals surface area contributed by atoms with Gasteiger partial charge in [0.15, 0.2) is 11.0 Å². The SMILES string of the molecule is Cc1cc(Nc2nc(Sc3ccc(CC(=O)C4CC4)cc3)nc3c2C(C)CC3)n[nH]1. The molecule has 0 saturated heterocycles. The van der Waals surface area contributed by atoms with Crippen LogP contribution in [0.1, 0.15) is 54.6 Å². The minimum atomic E-state index is 0.311. The van der Waals surface area contributed by atoms with Crippen molar-refractivity contribution in [3.63, 3.8) is 0 Å². The van der Waals surface area contributed by atoms with Gasteiger partial charge >= 0.3 is 0 Å². The molecule has 1 fully saturated rings. The van der Waals surface area contributed by atoms with Crippen LogP contribution in [0.3, 0.4) is 0 Å². The maximum absolute atomic E-state index is 12.0. The number of nitrogens with one attached hydrogen (secondary N) is 2. The van der Waals surface area contributed by atoms with Gasteiger partial charge in [0.25, 0.3) is 0 Å². The summed E-state index contributed by atoms with van der Waals surface area (Å²) in [5.74, 6) is 2.74. The maximum Gasteiger partial charge on any atom is 0.194 e. The zero-order valence-electron chi connectivity index (χ0n) is 17.2. The smallest absolute Gasteiger partial charge is 0.194 e. The number of aromatic nitrogens is 4. The standard InChI is InChI=1S/C23H25N5OS/c1-13-3-10-18-21(13)22(25-20-11-14(2)27-28-20)26-23(24-18)30-17-8-4-15(5-9-17)12-19(29)16-6-7-16/h4-5,8-9,11,13,16H,3,6-7,10,12H2,1-2H3,(H2,24,25,26,27,28). The monoisotopic (exact) mass is 419 g/mol. The molecular formula is C23H25N5OS. The Morgan fingerprint density at radius 2 is 2.00 bits per heavy atom. The van der Waals surface area contributed by atoms with Crippen LogP contribution < -0.4 is 5.32 Å². The van der Waals surface area contributed by atoms with E-state index in [4.69, 9.17) is 9.97 Å². The molecule has 0 bridgehead atoms. The van der Waals surface area contributed by atoms with E-state index in [-0.39, 0.29) is 0 Å². The fraction of sp³-hybridized carbons (Fsp3) is 0.391. The van der Waals surface area contributed by atoms with E-state index in [2.05, 4.69) is 34.6 Å². The van der Waals surface area contributed by atoms with Gasteiger partial charge in [0.2, 0.25) is 0 Å². The van der Waals surface area contributed by atoms with E-state index in [0.717, 1.165) is 64.3 Å². The number of aryl methyl sites for hydroxylation is 2. The van der Waals surface area contributed by atoms with Crippen molar-refractivity contribution >= 4 is 29.2 Å². The first-order valence-electron chi connectivity index (χ1n) is 10.5. The van der Waals surface area contributed by atoms with Gasteiger partial charge in [0, 0.05) is 34.6 Å². The molecule has 1 atom stereocenters. The molecule has 0 aliphatic heterocycles. The second kappa shape index (κ2) is 7.87. The van der Waals surface area contributed by atoms with Gasteiger partial charge in [0.05, 0.1) is 5.69 Å². The number of carbonyl (C=O) groups excluding carboxylic acids is 1. The number of nitrogens with zero attached hydrogens (tertiary/aromatic N) is 3. The maximum atomic E-state index is 12.0. The van der Waals surface area contributed by atoms with Crippen LogP contribution in [0.2, 0.25) is 0 Å². The number of H-pyrrole nitrogens is 1. The molecule has 3 aromatic rings. The number of ketones is 1. The number of aromatic amines is 1. The lowest BCUT2D eigenvalue weighted by atomic mass is 10.1. The van der Waals surface area contributed by atoms with E-state index in [9.17, 15) is 4.79 Å². The average molecular weight is 420 g/mol. The van der Waals surface area contributed by atoms with E-state index >= 15 is 0 Å². The Kier molecular flexibility index (Phi) is 5.06. The number of benzene rings is 1. The van der Waals surface area contributed by atoms with Crippen LogP contribution in [0.5, 0.6) is 0 Å². The molecule has 2 heterocycles. The molecule has 30 heavy (non-hydrogen) atoms. The lowest BCUT2D eigenvalue weighted by molar-refractivity contribution is -0.119. The number of fused-ring (bicyclic) bond motifs is 1. The topological polar surface area (TPSA) is 83.6 Å². The third-order valence-corrected chi connectivity index (χ3v) is 6.68. The van der Waals surface area contributed by atoms with E-state index in [1.165, 1.54) is 5.56 Å². The minimum Gasteiger partial charge on any atom is -0.323 e. The number of rotatable bonds is 7. The molecule has 6 nitrogen and oxygen atoms in total. The van der Waals surface area contributed by atoms with E-state index in [0.29, 0.717) is 24.0 Å². The molecule has 2 aromatic heterocycles. The Morgan fingerprint density at radius 1 is 1.20 bits per heavy atom. The molecule has 1 saturated carbocycles. The van der Waals surface area contributed by atoms with Gasteiger partial charge in [-0.15, -0.1) is 0 Å². The Morgan fingerprint density at radius 3 is 2.70 bits per heavy atom. The molecular weight excluding hydrogens is 394 g/mol. The molecule has 154 valence electrons. The predicted molar refractivity (Wildman–Crippen MR) is 117 cm³/mol. The van der Waals surface area contributed by atoms with Crippen molar-refractivity contribution in [2.45, 2.75) is 61.9 Å². The number of anilines is 2. The van der Waals surface area contributed by atoms with Crippen LogP contribution in [0.25, 0.3) is 0 Å². The zero-order valence-corrected chi connectivity index (χ0v) is 18.1. The molecule has 1 aromatic carbocycles. The van der Waals surface area contributed by atoms with Crippen LogP contribution in [0, 0.1) is 12.8 Å². The highest BCUT2D eigenvalue weighted by molar-refractivity contribution is 7.99. The van der Waals surface area contributed by atoms with Gasteiger partial charge in [-0.05, 0) is 68.0 Å². The quantitative estimate of drug-likeness (QED) is 0.526. The first kappa shape index (κ1) is 19.3. The molecule has 0 amide bonds. The Hall–Kier alpha value is -2.67. The van der Waals surface area contributed by atoms with Crippen molar-refractivity contribution in [1.29, 1.82) is 0 Å². The van der Waals surface area contributed by atoms with E-state index in [1.54, 1.807) is 11.8 Å². The summed E-state index contributed by atoms with van der Waals surface area (Å²) in [6.45, 7) is 4.21. The average Bonchev–Trinajstić information content (AvgIpc) is 3.41. The summed E-state index contributed by atoms with van der Waals surface area (Å²) in [5.41, 5.74) is 4.41. The van der Waals surface area contributed by atoms with E-state index in [1.807, 2.05) is 25.1 Å². The Balaban J connectivity index is 1.36. The third kappa shape index (κ3) is 4.12. The van der Waals surface area contributed by atoms with Crippen molar-refractivity contribution in [3.05, 3.63) is 52.8 Å². The third-order valence-electron chi connectivity index (χ3n) is 5.81. The number of hydrogen-bond donors (Lipinski definition) is 2. The summed E-state index contributed by atoms with van der Waals surface area (Å²) in [4.78, 5) is 22.8. The van der Waals surface area contributed by atoms with Gasteiger partial charge in [-0.1, -0.05) is 19.1 Å². The van der Waals surface area contributed by atoms with Crippen LogP contribution in [-0.2, 0) is 17.6 Å². The molecule has 5 rings (SSSR count). The minimum absolute atomic E-state index is 0.311. The van der Waals surface area contributed by atoms with Gasteiger partial charge in [-0.25, -0.2) is 9.97 Å². The van der Waals surface area contributed by atoms with Gasteiger partial charge < -0.3 is 5.32 Å². The largest absolute Gasteiger partial charge is 0.323 e. The first-order valence-corrected chi connectivity index (χ1v) is 11.4. The summed E-state index contributed by atoms with van der Waals surface area (Å²) in [5, 5.41) is 11.4. The van der Waals surface area contributed by atoms with Crippen molar-refractivity contribution in [2.24, 2.45) is 5.92 Å². The van der Waals surface area contributed by atoms with Crippen LogP contribution in [0.4, 0.5) is 11.6 Å². The molecule has 1 unspecified atom stereocenters. The summed E-state index contributed by atoms with van der Waals surface area (Å²) in [7, 11) is 0. The summed E-state index contributed by atoms with van der Waals surface area (Å²) in [6.07, 6.45) is 4.74. The summed E-state index contributed by atoms with van der Waals surface area (Å²) in [6, 6.07) is 10.2. The van der Waals surface area contributed by atoms with Crippen LogP contribution in [0.15, 0.2) is 40.4 Å². The summed E-state index contributed by atoms with van der Waals surface area (Å²) < 4.78 is 0. The Bertz CT molecular complexity index is 1090. The molecule has 0 spiro atoms. The molecule has 0 radical (unpaired) electrons. The highest BCUT2D eigenvalue weighted by Crippen LogP contribution is 2.39. The highest BCUT2D eigenvalue weighted by Gasteiger charge is 2.29. The molecule has 7 heteroatoms. The number of hydrogen-bond acceptors (Lipinski definition) is 6. The fourth-order valence-corrected chi connectivity index (χ4v) is 4.75. The van der Waals surface area contributed by atoms with Crippen molar-refractivity contribution in [1.82, 2.24) is 20.2 Å². The van der Waals surface area contributed by atoms with Gasteiger partial charge in [-0.3, -0.25) is 9.89 Å². The fourth-order valence-electron chi connectivity index (χ4n) is 3.98. The second-order valence-corrected chi connectivity index (χ2v) is 9.42. The lowest BCUT2D eigenvalue weighted by Crippen LogP contribution is -2.05. The molecule has 2 N–H and O–H groups in total. The van der Waals surface area contributed by atoms with E-state index < -0.39 is 0 Å². The first-order chi connectivity index (χ1) is 14.5. The Labute approximate surface area is 180 Å². The van der Waals surface area contributed by atoms with Crippen LogP contribution >= 0.6 is 11.8 Å². The number of Topliss-reactive ketones (excluding diaryl/α,β-unsaturated/α-hetero) is 1. The summed E-state index contributed by atoms with van der Waals surface area (Å²) >= 11 is 1.56. The van der Waals surface area contributed by atoms with Crippen molar-refractivity contribution in [2.75, 3.05) is 5.32 Å². The van der Waals surface area contributed by atoms with Crippen LogP contribution in [-0.4, -0.2) is 25.9 Å². The van der Waals surface area contributed by atoms with Gasteiger partial charge in [0.1, 0.15) is 11.6 Å². The zero-order chi connectivity index (χ0) is 20.7. The highest BCUT2D eigenvalue weighted by atomic mass is 32.2. The van der Waals surface area contributed by atoms with Crippen molar-refractivity contribution < 1.29 is 4.79 Å². The second-order valence-electron chi connectivity index (χ2n) is 8.38. The predicted octanol–water partition coefficient (Wildman–Crippen LogP) is 4.97.